The Morgan fingerprint density at radius 3 is 2.60 bits per heavy atom. The van der Waals surface area contributed by atoms with E-state index in [2.05, 4.69) is 15.5 Å². The van der Waals surface area contributed by atoms with Crippen LogP contribution in [-0.4, -0.2) is 50.7 Å². The quantitative estimate of drug-likeness (QED) is 0.731. The van der Waals surface area contributed by atoms with Crippen molar-refractivity contribution in [3.8, 4) is 5.69 Å². The molecule has 0 unspecified atom stereocenters. The number of tetrazole rings is 1. The van der Waals surface area contributed by atoms with Gasteiger partial charge in [0.25, 0.3) is 5.91 Å². The van der Waals surface area contributed by atoms with Crippen LogP contribution in [0.4, 0.5) is 0 Å². The van der Waals surface area contributed by atoms with Crippen LogP contribution in [0.5, 0.6) is 0 Å². The Balaban J connectivity index is 1.48. The lowest BCUT2D eigenvalue weighted by Crippen LogP contribution is -2.42. The van der Waals surface area contributed by atoms with E-state index in [-0.39, 0.29) is 12.0 Å². The Labute approximate surface area is 144 Å². The molecular weight excluding hydrogens is 318 g/mol. The molecule has 2 aromatic carbocycles. The molecule has 1 atom stereocenters. The topological polar surface area (TPSA) is 73.1 Å². The highest BCUT2D eigenvalue weighted by Crippen LogP contribution is 2.23. The van der Waals surface area contributed by atoms with Gasteiger partial charge in [0.2, 0.25) is 0 Å². The van der Waals surface area contributed by atoms with Gasteiger partial charge in [0.05, 0.1) is 18.8 Å². The van der Waals surface area contributed by atoms with Crippen molar-refractivity contribution in [3.05, 3.63) is 72.1 Å². The number of nitrogens with zero attached hydrogens (tertiary/aromatic N) is 5. The molecule has 4 rings (SSSR count). The van der Waals surface area contributed by atoms with Crippen molar-refractivity contribution in [2.24, 2.45) is 0 Å². The predicted octanol–water partition coefficient (Wildman–Crippen LogP) is 1.88. The molecule has 1 amide bonds. The third-order valence-electron chi connectivity index (χ3n) is 4.25. The highest BCUT2D eigenvalue weighted by molar-refractivity contribution is 5.94. The Bertz CT molecular complexity index is 834. The molecule has 0 N–H and O–H groups in total. The molecule has 1 aliphatic heterocycles. The van der Waals surface area contributed by atoms with Gasteiger partial charge in [-0.3, -0.25) is 4.79 Å². The average molecular weight is 335 g/mol. The second kappa shape index (κ2) is 6.82. The maximum atomic E-state index is 12.8. The summed E-state index contributed by atoms with van der Waals surface area (Å²) in [5, 5.41) is 11.1. The molecule has 126 valence electrons. The molecule has 25 heavy (non-hydrogen) atoms. The molecule has 0 saturated carbocycles. The summed E-state index contributed by atoms with van der Waals surface area (Å²) in [4.78, 5) is 14.6. The van der Waals surface area contributed by atoms with Crippen LogP contribution in [0.25, 0.3) is 5.69 Å². The Morgan fingerprint density at radius 2 is 1.88 bits per heavy atom. The number of aromatic nitrogens is 4. The van der Waals surface area contributed by atoms with Gasteiger partial charge in [-0.2, -0.15) is 0 Å². The highest BCUT2D eigenvalue weighted by Gasteiger charge is 2.26. The number of morpholine rings is 1. The van der Waals surface area contributed by atoms with Gasteiger partial charge in [-0.15, -0.1) is 5.10 Å². The van der Waals surface area contributed by atoms with E-state index in [0.717, 1.165) is 11.3 Å². The van der Waals surface area contributed by atoms with Crippen molar-refractivity contribution in [2.75, 3.05) is 19.7 Å². The maximum Gasteiger partial charge on any atom is 0.254 e. The maximum absolute atomic E-state index is 12.8. The minimum absolute atomic E-state index is 0.00694. The summed E-state index contributed by atoms with van der Waals surface area (Å²) in [6.07, 6.45) is 1.43. The monoisotopic (exact) mass is 335 g/mol. The van der Waals surface area contributed by atoms with Crippen molar-refractivity contribution in [1.29, 1.82) is 0 Å². The number of benzene rings is 2. The van der Waals surface area contributed by atoms with Crippen LogP contribution < -0.4 is 0 Å². The van der Waals surface area contributed by atoms with Crippen LogP contribution in [0, 0.1) is 0 Å². The van der Waals surface area contributed by atoms with Crippen molar-refractivity contribution in [3.63, 3.8) is 0 Å². The zero-order chi connectivity index (χ0) is 17.1. The summed E-state index contributed by atoms with van der Waals surface area (Å²) in [5.74, 6) is 0.00694. The van der Waals surface area contributed by atoms with Crippen molar-refractivity contribution in [1.82, 2.24) is 25.1 Å². The van der Waals surface area contributed by atoms with Crippen LogP contribution in [0.3, 0.4) is 0 Å². The van der Waals surface area contributed by atoms with E-state index >= 15 is 0 Å². The first-order chi connectivity index (χ1) is 12.3. The molecule has 2 heterocycles. The average Bonchev–Trinajstić information content (AvgIpc) is 3.23. The number of carbonyl (C=O) groups is 1. The molecule has 0 radical (unpaired) electrons. The number of rotatable bonds is 3. The zero-order valence-electron chi connectivity index (χ0n) is 13.5. The molecule has 1 fully saturated rings. The van der Waals surface area contributed by atoms with E-state index in [0.29, 0.717) is 25.3 Å². The molecule has 7 nitrogen and oxygen atoms in total. The third kappa shape index (κ3) is 3.27. The Hall–Kier alpha value is -3.06. The number of hydrogen-bond acceptors (Lipinski definition) is 5. The smallest absolute Gasteiger partial charge is 0.254 e. The van der Waals surface area contributed by atoms with Gasteiger partial charge in [-0.25, -0.2) is 4.68 Å². The van der Waals surface area contributed by atoms with Gasteiger partial charge >= 0.3 is 0 Å². The first-order valence-corrected chi connectivity index (χ1v) is 8.10. The van der Waals surface area contributed by atoms with Gasteiger partial charge in [0, 0.05) is 12.1 Å². The number of hydrogen-bond donors (Lipinski definition) is 0. The Morgan fingerprint density at radius 1 is 1.08 bits per heavy atom. The van der Waals surface area contributed by atoms with Gasteiger partial charge in [0.15, 0.2) is 0 Å². The summed E-state index contributed by atoms with van der Waals surface area (Å²) < 4.78 is 7.38. The minimum atomic E-state index is -0.0839. The second-order valence-electron chi connectivity index (χ2n) is 5.82. The fourth-order valence-electron chi connectivity index (χ4n) is 2.92. The van der Waals surface area contributed by atoms with Gasteiger partial charge < -0.3 is 9.64 Å². The van der Waals surface area contributed by atoms with Crippen molar-refractivity contribution < 1.29 is 9.53 Å². The Kier molecular flexibility index (Phi) is 4.22. The summed E-state index contributed by atoms with van der Waals surface area (Å²) in [7, 11) is 0. The highest BCUT2D eigenvalue weighted by atomic mass is 16.5. The first kappa shape index (κ1) is 15.5. The summed E-state index contributed by atoms with van der Waals surface area (Å²) in [6, 6.07) is 17.3. The minimum Gasteiger partial charge on any atom is -0.370 e. The number of carbonyl (C=O) groups excluding carboxylic acids is 1. The lowest BCUT2D eigenvalue weighted by Gasteiger charge is -2.33. The number of ether oxygens (including phenoxy) is 1. The van der Waals surface area contributed by atoms with Crippen molar-refractivity contribution >= 4 is 5.91 Å². The lowest BCUT2D eigenvalue weighted by atomic mass is 10.1. The van der Waals surface area contributed by atoms with Gasteiger partial charge in [-0.1, -0.05) is 30.3 Å². The predicted molar refractivity (Wildman–Crippen MR) is 90.2 cm³/mol. The van der Waals surface area contributed by atoms with E-state index in [1.807, 2.05) is 47.4 Å². The zero-order valence-corrected chi connectivity index (χ0v) is 13.5. The summed E-state index contributed by atoms with van der Waals surface area (Å²) in [5.41, 5.74) is 2.55. The van der Waals surface area contributed by atoms with E-state index in [4.69, 9.17) is 4.74 Å². The molecule has 1 aromatic heterocycles. The normalized spacial score (nSPS) is 17.4. The van der Waals surface area contributed by atoms with E-state index in [1.165, 1.54) is 6.33 Å². The SMILES string of the molecule is O=C(c1ccc(-n2cnnn2)cc1)N1CCO[C@@H](c2ccccc2)C1. The van der Waals surface area contributed by atoms with E-state index < -0.39 is 0 Å². The molecule has 1 aliphatic rings. The summed E-state index contributed by atoms with van der Waals surface area (Å²) >= 11 is 0. The largest absolute Gasteiger partial charge is 0.370 e. The first-order valence-electron chi connectivity index (χ1n) is 8.10. The second-order valence-corrected chi connectivity index (χ2v) is 5.82. The summed E-state index contributed by atoms with van der Waals surface area (Å²) in [6.45, 7) is 1.68. The third-order valence-corrected chi connectivity index (χ3v) is 4.25. The lowest BCUT2D eigenvalue weighted by molar-refractivity contribution is -0.0228. The molecule has 0 aliphatic carbocycles. The number of amides is 1. The fourth-order valence-corrected chi connectivity index (χ4v) is 2.92. The molecule has 3 aromatic rings. The van der Waals surface area contributed by atoms with Crippen LogP contribution >= 0.6 is 0 Å². The van der Waals surface area contributed by atoms with E-state index in [9.17, 15) is 4.79 Å². The van der Waals surface area contributed by atoms with E-state index in [1.54, 1.807) is 16.8 Å². The fraction of sp³-hybridized carbons (Fsp3) is 0.222. The van der Waals surface area contributed by atoms with Crippen molar-refractivity contribution in [2.45, 2.75) is 6.10 Å². The molecule has 0 bridgehead atoms. The van der Waals surface area contributed by atoms with Crippen LogP contribution in [0.1, 0.15) is 22.0 Å². The molecular formula is C18H17N5O2. The van der Waals surface area contributed by atoms with Crippen LogP contribution in [0.15, 0.2) is 60.9 Å². The molecule has 7 heteroatoms. The van der Waals surface area contributed by atoms with Crippen LogP contribution in [0.2, 0.25) is 0 Å². The van der Waals surface area contributed by atoms with Crippen LogP contribution in [-0.2, 0) is 4.74 Å². The van der Waals surface area contributed by atoms with Gasteiger partial charge in [-0.05, 0) is 40.3 Å². The molecule has 1 saturated heterocycles. The standard InChI is InChI=1S/C18H17N5O2/c24-18(15-6-8-16(9-7-15)23-13-19-20-21-23)22-10-11-25-17(12-22)14-4-2-1-3-5-14/h1-9,13,17H,10-12H2/t17-/m1/s1. The molecule has 0 spiro atoms. The van der Waals surface area contributed by atoms with Gasteiger partial charge in [0.1, 0.15) is 12.4 Å².